The molecule has 3 aliphatic rings. The SMILES string of the molecule is C=C/C=C\C=C\c1ccc(-c2cc(-c3nc(C4=CCCC=C4)nc(C4C=CC=CC4)n3)cc(C3C=CC(c4ccccc4)=CC3)c2-n2c3ccc(-n4c5ccccc5c5ccccc54)cc3c3c(-c4ccccc4)cccc32)cc1. The smallest absolute Gasteiger partial charge is 0.163 e. The minimum absolute atomic E-state index is 0.00659. The molecule has 80 heavy (non-hydrogen) atoms. The standard InChI is InChI=1S/C75H57N5/c1-2-3-4-9-23-51-38-40-55(41-39-51)64-48-59(75-77-73(57-28-14-7-15-29-57)76-74(78-75)58-30-16-8-17-31-58)49-65(56-44-42-53(43-45-56)52-24-10-5-11-25-52)72(64)80-69-47-46-60(79-67-35-20-18-32-62(67)63-33-19-21-36-68(63)79)50-66(69)71-61(34-22-37-70(71)80)54-26-12-6-13-27-54/h2-7,9-16,18-28,30-44,46-50,56-57H,1,8,17,29,45H2/b4-3-,23-9+. The fourth-order valence-electron chi connectivity index (χ4n) is 12.2. The molecule has 2 unspecified atom stereocenters. The monoisotopic (exact) mass is 1030 g/mol. The van der Waals surface area contributed by atoms with E-state index in [9.17, 15) is 0 Å². The number of para-hydroxylation sites is 2. The summed E-state index contributed by atoms with van der Waals surface area (Å²) in [6.07, 6.45) is 36.0. The van der Waals surface area contributed by atoms with Crippen LogP contribution in [0.2, 0.25) is 0 Å². The molecule has 382 valence electrons. The lowest BCUT2D eigenvalue weighted by Gasteiger charge is -2.26. The van der Waals surface area contributed by atoms with E-state index in [4.69, 9.17) is 15.0 Å². The normalized spacial score (nSPS) is 16.2. The number of rotatable bonds is 12. The second-order valence-corrected chi connectivity index (χ2v) is 20.9. The molecule has 11 aromatic rings. The van der Waals surface area contributed by atoms with Crippen molar-refractivity contribution in [2.45, 2.75) is 37.5 Å². The number of nitrogens with zero attached hydrogens (tertiary/aromatic N) is 5. The van der Waals surface area contributed by atoms with Crippen molar-refractivity contribution in [2.24, 2.45) is 0 Å². The van der Waals surface area contributed by atoms with Gasteiger partial charge in [-0.2, -0.15) is 0 Å². The molecule has 0 fully saturated rings. The highest BCUT2D eigenvalue weighted by Gasteiger charge is 2.28. The lowest BCUT2D eigenvalue weighted by molar-refractivity contribution is 0.756. The third-order valence-corrected chi connectivity index (χ3v) is 16.0. The van der Waals surface area contributed by atoms with Crippen LogP contribution in [0.1, 0.15) is 65.9 Å². The van der Waals surface area contributed by atoms with Gasteiger partial charge in [0.25, 0.3) is 0 Å². The molecular formula is C75H57N5. The Balaban J connectivity index is 1.07. The first-order valence-corrected chi connectivity index (χ1v) is 27.9. The van der Waals surface area contributed by atoms with E-state index in [0.29, 0.717) is 11.6 Å². The largest absolute Gasteiger partial charge is 0.309 e. The van der Waals surface area contributed by atoms with E-state index in [1.54, 1.807) is 6.08 Å². The summed E-state index contributed by atoms with van der Waals surface area (Å²) in [7, 11) is 0. The first-order chi connectivity index (χ1) is 39.6. The topological polar surface area (TPSA) is 48.5 Å². The van der Waals surface area contributed by atoms with Gasteiger partial charge in [0.05, 0.1) is 27.8 Å². The predicted octanol–water partition coefficient (Wildman–Crippen LogP) is 19.3. The van der Waals surface area contributed by atoms with Gasteiger partial charge < -0.3 is 9.13 Å². The van der Waals surface area contributed by atoms with Crippen molar-refractivity contribution in [3.63, 3.8) is 0 Å². The first kappa shape index (κ1) is 48.4. The lowest BCUT2D eigenvalue weighted by Crippen LogP contribution is -2.11. The first-order valence-electron chi connectivity index (χ1n) is 27.9. The van der Waals surface area contributed by atoms with E-state index in [1.807, 2.05) is 12.2 Å². The summed E-state index contributed by atoms with van der Waals surface area (Å²) in [6.45, 7) is 3.86. The fraction of sp³-hybridized carbons (Fsp3) is 0.0800. The van der Waals surface area contributed by atoms with Crippen molar-refractivity contribution in [1.82, 2.24) is 24.1 Å². The van der Waals surface area contributed by atoms with Crippen molar-refractivity contribution in [3.05, 3.63) is 302 Å². The van der Waals surface area contributed by atoms with Gasteiger partial charge >= 0.3 is 0 Å². The third kappa shape index (κ3) is 8.93. The fourth-order valence-corrected chi connectivity index (χ4v) is 12.2. The zero-order valence-corrected chi connectivity index (χ0v) is 44.4. The number of benzene rings is 8. The van der Waals surface area contributed by atoms with Crippen LogP contribution in [0.15, 0.2) is 274 Å². The van der Waals surface area contributed by atoms with Crippen LogP contribution < -0.4 is 0 Å². The Hall–Kier alpha value is -9.97. The Morgan fingerprint density at radius 2 is 1.19 bits per heavy atom. The van der Waals surface area contributed by atoms with E-state index in [-0.39, 0.29) is 11.8 Å². The van der Waals surface area contributed by atoms with Crippen LogP contribution in [0.3, 0.4) is 0 Å². The molecule has 14 rings (SSSR count). The van der Waals surface area contributed by atoms with Gasteiger partial charge in [0.1, 0.15) is 5.82 Å². The predicted molar refractivity (Wildman–Crippen MR) is 336 cm³/mol. The third-order valence-electron chi connectivity index (χ3n) is 16.0. The second-order valence-electron chi connectivity index (χ2n) is 20.9. The summed E-state index contributed by atoms with van der Waals surface area (Å²) in [5.74, 6) is 2.18. The molecule has 3 aromatic heterocycles. The van der Waals surface area contributed by atoms with Gasteiger partial charge in [-0.3, -0.25) is 0 Å². The second kappa shape index (κ2) is 21.1. The molecule has 0 saturated heterocycles. The van der Waals surface area contributed by atoms with Crippen LogP contribution in [0.4, 0.5) is 0 Å². The Morgan fingerprint density at radius 3 is 1.91 bits per heavy atom. The summed E-state index contributed by atoms with van der Waals surface area (Å²) in [5, 5.41) is 4.85. The van der Waals surface area contributed by atoms with Gasteiger partial charge in [-0.1, -0.05) is 231 Å². The number of allylic oxidation sites excluding steroid dienone is 16. The maximum Gasteiger partial charge on any atom is 0.163 e. The molecule has 0 spiro atoms. The molecule has 0 saturated carbocycles. The van der Waals surface area contributed by atoms with Gasteiger partial charge in [0, 0.05) is 55.8 Å². The molecule has 0 bridgehead atoms. The van der Waals surface area contributed by atoms with Gasteiger partial charge in [0.2, 0.25) is 0 Å². The molecular weight excluding hydrogens is 971 g/mol. The molecule has 0 radical (unpaired) electrons. The lowest BCUT2D eigenvalue weighted by atomic mass is 9.84. The number of aromatic nitrogens is 5. The van der Waals surface area contributed by atoms with Crippen molar-refractivity contribution in [3.8, 4) is 45.0 Å². The van der Waals surface area contributed by atoms with Crippen molar-refractivity contribution in [2.75, 3.05) is 0 Å². The van der Waals surface area contributed by atoms with Crippen LogP contribution in [0.25, 0.3) is 106 Å². The summed E-state index contributed by atoms with van der Waals surface area (Å²) >= 11 is 0. The van der Waals surface area contributed by atoms with Crippen LogP contribution in [-0.4, -0.2) is 24.1 Å². The maximum absolute atomic E-state index is 5.45. The molecule has 3 aliphatic carbocycles. The van der Waals surface area contributed by atoms with Crippen molar-refractivity contribution in [1.29, 1.82) is 0 Å². The van der Waals surface area contributed by atoms with E-state index in [1.165, 1.54) is 60.4 Å². The Labute approximate surface area is 467 Å². The molecule has 0 aliphatic heterocycles. The van der Waals surface area contributed by atoms with Crippen LogP contribution in [-0.2, 0) is 0 Å². The average Bonchev–Trinajstić information content (AvgIpc) is 4.24. The molecule has 0 amide bonds. The summed E-state index contributed by atoms with van der Waals surface area (Å²) in [4.78, 5) is 16.1. The summed E-state index contributed by atoms with van der Waals surface area (Å²) in [6, 6.07) is 66.9. The summed E-state index contributed by atoms with van der Waals surface area (Å²) in [5.41, 5.74) is 18.1. The van der Waals surface area contributed by atoms with E-state index in [0.717, 1.165) is 81.7 Å². The highest BCUT2D eigenvalue weighted by molar-refractivity contribution is 6.17. The van der Waals surface area contributed by atoms with E-state index in [2.05, 4.69) is 271 Å². The Bertz CT molecular complexity index is 4420. The quantitative estimate of drug-likeness (QED) is 0.115. The zero-order valence-electron chi connectivity index (χ0n) is 44.4. The van der Waals surface area contributed by atoms with Gasteiger partial charge in [-0.15, -0.1) is 0 Å². The van der Waals surface area contributed by atoms with Gasteiger partial charge in [-0.05, 0) is 113 Å². The molecule has 8 aromatic carbocycles. The zero-order chi connectivity index (χ0) is 53.4. The Morgan fingerprint density at radius 1 is 0.463 bits per heavy atom. The molecule has 3 heterocycles. The van der Waals surface area contributed by atoms with Crippen LogP contribution in [0.5, 0.6) is 0 Å². The molecule has 5 nitrogen and oxygen atoms in total. The van der Waals surface area contributed by atoms with Gasteiger partial charge in [-0.25, -0.2) is 15.0 Å². The molecule has 2 atom stereocenters. The van der Waals surface area contributed by atoms with Gasteiger partial charge in [0.15, 0.2) is 11.6 Å². The van der Waals surface area contributed by atoms with E-state index >= 15 is 0 Å². The minimum Gasteiger partial charge on any atom is -0.309 e. The number of fused-ring (bicyclic) bond motifs is 6. The molecule has 5 heteroatoms. The minimum atomic E-state index is -0.00659. The number of hydrogen-bond donors (Lipinski definition) is 0. The highest BCUT2D eigenvalue weighted by atomic mass is 15.0. The Kier molecular flexibility index (Phi) is 12.8. The van der Waals surface area contributed by atoms with Crippen molar-refractivity contribution >= 4 is 60.8 Å². The molecule has 0 N–H and O–H groups in total. The van der Waals surface area contributed by atoms with Crippen molar-refractivity contribution < 1.29 is 0 Å². The van der Waals surface area contributed by atoms with Crippen LogP contribution in [0, 0.1) is 0 Å². The summed E-state index contributed by atoms with van der Waals surface area (Å²) < 4.78 is 5.01. The van der Waals surface area contributed by atoms with Crippen LogP contribution >= 0.6 is 0 Å². The highest BCUT2D eigenvalue weighted by Crippen LogP contribution is 2.47. The maximum atomic E-state index is 5.45. The van der Waals surface area contributed by atoms with E-state index < -0.39 is 0 Å². The number of hydrogen-bond acceptors (Lipinski definition) is 3. The average molecular weight is 1030 g/mol.